The average Bonchev–Trinajstić information content (AvgIpc) is 3.22. The number of benzene rings is 1. The van der Waals surface area contributed by atoms with Crippen LogP contribution in [0.5, 0.6) is 5.75 Å². The van der Waals surface area contributed by atoms with Gasteiger partial charge in [0.2, 0.25) is 0 Å². The molecule has 0 aliphatic rings. The maximum absolute atomic E-state index is 12.8. The van der Waals surface area contributed by atoms with Crippen LogP contribution in [0.4, 0.5) is 0 Å². The molecule has 3 aromatic rings. The number of hydrogen-bond donors (Lipinski definition) is 0. The molecule has 28 heavy (non-hydrogen) atoms. The normalized spacial score (nSPS) is 11.2. The Morgan fingerprint density at radius 3 is 2.64 bits per heavy atom. The van der Waals surface area contributed by atoms with Crippen LogP contribution in [0.3, 0.4) is 0 Å². The maximum Gasteiger partial charge on any atom is 0.342 e. The number of furan rings is 1. The Morgan fingerprint density at radius 1 is 1.21 bits per heavy atom. The Morgan fingerprint density at radius 2 is 2.04 bits per heavy atom. The van der Waals surface area contributed by atoms with Crippen molar-refractivity contribution in [3.63, 3.8) is 0 Å². The van der Waals surface area contributed by atoms with Gasteiger partial charge in [-0.1, -0.05) is 12.1 Å². The van der Waals surface area contributed by atoms with Crippen LogP contribution >= 0.6 is 0 Å². The van der Waals surface area contributed by atoms with Gasteiger partial charge >= 0.3 is 5.97 Å². The Hall–Kier alpha value is -3.13. The van der Waals surface area contributed by atoms with E-state index in [-0.39, 0.29) is 28.4 Å². The fourth-order valence-corrected chi connectivity index (χ4v) is 4.17. The highest BCUT2D eigenvalue weighted by molar-refractivity contribution is 7.90. The fraction of sp³-hybridized carbons (Fsp3) is 0.200. The lowest BCUT2D eigenvalue weighted by Crippen LogP contribution is -2.14. The van der Waals surface area contributed by atoms with Crippen molar-refractivity contribution >= 4 is 15.8 Å². The van der Waals surface area contributed by atoms with E-state index in [1.165, 1.54) is 38.1 Å². The minimum absolute atomic E-state index is 0.0719. The molecule has 0 radical (unpaired) electrons. The first-order chi connectivity index (χ1) is 13.5. The molecule has 2 heterocycles. The monoisotopic (exact) mass is 401 g/mol. The molecular weight excluding hydrogens is 382 g/mol. The van der Waals surface area contributed by atoms with Gasteiger partial charge in [-0.25, -0.2) is 13.2 Å². The first-order valence-electron chi connectivity index (χ1n) is 8.50. The van der Waals surface area contributed by atoms with E-state index in [4.69, 9.17) is 13.9 Å². The molecule has 0 unspecified atom stereocenters. The number of pyridine rings is 1. The van der Waals surface area contributed by atoms with Crippen molar-refractivity contribution in [2.24, 2.45) is 0 Å². The van der Waals surface area contributed by atoms with Gasteiger partial charge in [0.25, 0.3) is 0 Å². The molecule has 0 fully saturated rings. The molecule has 0 aliphatic carbocycles. The number of carbonyl (C=O) groups excluding carboxylic acids is 1. The van der Waals surface area contributed by atoms with Crippen molar-refractivity contribution in [2.75, 3.05) is 13.7 Å². The molecule has 0 bridgehead atoms. The molecule has 2 aromatic heterocycles. The van der Waals surface area contributed by atoms with E-state index in [1.807, 2.05) is 0 Å². The van der Waals surface area contributed by atoms with E-state index in [9.17, 15) is 13.2 Å². The highest BCUT2D eigenvalue weighted by Crippen LogP contribution is 2.37. The molecule has 0 saturated heterocycles. The first-order valence-corrected chi connectivity index (χ1v) is 10.2. The SMILES string of the molecule is CCOC(=O)c1c(CS(=O)(=O)c2cccnc2)ccc(-c2ccoc2)c1OC. The van der Waals surface area contributed by atoms with Crippen molar-refractivity contribution in [3.8, 4) is 16.9 Å². The van der Waals surface area contributed by atoms with E-state index in [0.717, 1.165) is 0 Å². The van der Waals surface area contributed by atoms with Crippen LogP contribution in [-0.4, -0.2) is 33.1 Å². The van der Waals surface area contributed by atoms with Gasteiger partial charge in [-0.15, -0.1) is 0 Å². The largest absolute Gasteiger partial charge is 0.495 e. The van der Waals surface area contributed by atoms with Gasteiger partial charge in [0, 0.05) is 23.5 Å². The molecule has 8 heteroatoms. The van der Waals surface area contributed by atoms with Crippen LogP contribution in [0.2, 0.25) is 0 Å². The number of nitrogens with zero attached hydrogens (tertiary/aromatic N) is 1. The lowest BCUT2D eigenvalue weighted by atomic mass is 9.99. The Kier molecular flexibility index (Phi) is 5.79. The van der Waals surface area contributed by atoms with Gasteiger partial charge in [-0.3, -0.25) is 4.98 Å². The van der Waals surface area contributed by atoms with Crippen LogP contribution in [-0.2, 0) is 20.3 Å². The second-order valence-electron chi connectivity index (χ2n) is 5.86. The average molecular weight is 401 g/mol. The Balaban J connectivity index is 2.14. The number of hydrogen-bond acceptors (Lipinski definition) is 7. The molecule has 146 valence electrons. The van der Waals surface area contributed by atoms with Crippen LogP contribution < -0.4 is 4.74 Å². The lowest BCUT2D eigenvalue weighted by molar-refractivity contribution is 0.0522. The van der Waals surface area contributed by atoms with E-state index in [2.05, 4.69) is 4.98 Å². The van der Waals surface area contributed by atoms with Crippen LogP contribution in [0.25, 0.3) is 11.1 Å². The first kappa shape index (κ1) is 19.6. The minimum atomic E-state index is -3.72. The van der Waals surface area contributed by atoms with Gasteiger partial charge in [0.15, 0.2) is 9.84 Å². The third kappa shape index (κ3) is 3.91. The van der Waals surface area contributed by atoms with E-state index in [1.54, 1.807) is 31.2 Å². The number of ether oxygens (including phenoxy) is 2. The summed E-state index contributed by atoms with van der Waals surface area (Å²) in [5.41, 5.74) is 1.66. The van der Waals surface area contributed by atoms with Gasteiger partial charge in [-0.2, -0.15) is 0 Å². The maximum atomic E-state index is 12.8. The summed E-state index contributed by atoms with van der Waals surface area (Å²) in [7, 11) is -2.30. The molecule has 0 atom stereocenters. The molecular formula is C20H19NO6S. The number of carbonyl (C=O) groups is 1. The van der Waals surface area contributed by atoms with Crippen LogP contribution in [0.15, 0.2) is 64.6 Å². The zero-order chi connectivity index (χ0) is 20.1. The standard InChI is InChI=1S/C20H19NO6S/c1-3-27-20(22)18-15(13-28(23,24)16-5-4-9-21-11-16)6-7-17(19(18)25-2)14-8-10-26-12-14/h4-12H,3,13H2,1-2H3. The summed E-state index contributed by atoms with van der Waals surface area (Å²) in [4.78, 5) is 16.6. The second kappa shape index (κ2) is 8.26. The summed E-state index contributed by atoms with van der Waals surface area (Å²) in [6, 6.07) is 8.01. The third-order valence-corrected chi connectivity index (χ3v) is 5.75. The molecule has 0 saturated carbocycles. The molecule has 0 spiro atoms. The number of methoxy groups -OCH3 is 1. The smallest absolute Gasteiger partial charge is 0.342 e. The number of sulfone groups is 1. The topological polar surface area (TPSA) is 95.7 Å². The lowest BCUT2D eigenvalue weighted by Gasteiger charge is -2.16. The highest BCUT2D eigenvalue weighted by Gasteiger charge is 2.26. The van der Waals surface area contributed by atoms with Crippen LogP contribution in [0.1, 0.15) is 22.8 Å². The molecule has 1 aromatic carbocycles. The molecule has 0 amide bonds. The fourth-order valence-electron chi connectivity index (χ4n) is 2.85. The van der Waals surface area contributed by atoms with Crippen molar-refractivity contribution in [1.82, 2.24) is 4.98 Å². The number of aromatic nitrogens is 1. The van der Waals surface area contributed by atoms with Gasteiger partial charge in [0.1, 0.15) is 11.3 Å². The predicted molar refractivity (Wildman–Crippen MR) is 102 cm³/mol. The summed E-state index contributed by atoms with van der Waals surface area (Å²) in [6.45, 7) is 1.82. The van der Waals surface area contributed by atoms with E-state index in [0.29, 0.717) is 11.1 Å². The molecule has 0 aliphatic heterocycles. The van der Waals surface area contributed by atoms with Gasteiger partial charge in [-0.05, 0) is 30.7 Å². The third-order valence-electron chi connectivity index (χ3n) is 4.10. The van der Waals surface area contributed by atoms with Gasteiger partial charge < -0.3 is 13.9 Å². The predicted octanol–water partition coefficient (Wildman–Crippen LogP) is 3.50. The number of rotatable bonds is 7. The highest BCUT2D eigenvalue weighted by atomic mass is 32.2. The summed E-state index contributed by atoms with van der Waals surface area (Å²) in [5.74, 6) is -0.811. The van der Waals surface area contributed by atoms with E-state index >= 15 is 0 Å². The molecule has 0 N–H and O–H groups in total. The Labute approximate surface area is 162 Å². The summed E-state index contributed by atoms with van der Waals surface area (Å²) < 4.78 is 41.3. The number of esters is 1. The zero-order valence-electron chi connectivity index (χ0n) is 15.4. The van der Waals surface area contributed by atoms with Crippen molar-refractivity contribution in [2.45, 2.75) is 17.6 Å². The minimum Gasteiger partial charge on any atom is -0.495 e. The summed E-state index contributed by atoms with van der Waals surface area (Å²) >= 11 is 0. The van der Waals surface area contributed by atoms with Crippen LogP contribution in [0, 0.1) is 0 Å². The second-order valence-corrected chi connectivity index (χ2v) is 7.85. The quantitative estimate of drug-likeness (QED) is 0.559. The van der Waals surface area contributed by atoms with Gasteiger partial charge in [0.05, 0.1) is 36.9 Å². The van der Waals surface area contributed by atoms with Crippen molar-refractivity contribution < 1.29 is 27.1 Å². The van der Waals surface area contributed by atoms with E-state index < -0.39 is 21.6 Å². The zero-order valence-corrected chi connectivity index (χ0v) is 16.2. The Bertz CT molecular complexity index is 1060. The van der Waals surface area contributed by atoms with Crippen molar-refractivity contribution in [1.29, 1.82) is 0 Å². The van der Waals surface area contributed by atoms with Crippen molar-refractivity contribution in [3.05, 3.63) is 66.4 Å². The molecule has 3 rings (SSSR count). The summed E-state index contributed by atoms with van der Waals surface area (Å²) in [5, 5.41) is 0. The summed E-state index contributed by atoms with van der Waals surface area (Å²) in [6.07, 6.45) is 5.78. The molecule has 7 nitrogen and oxygen atoms in total.